The molecule has 2 heterocycles. The van der Waals surface area contributed by atoms with Crippen molar-refractivity contribution in [2.45, 2.75) is 32.6 Å². The molecule has 2 fully saturated rings. The van der Waals surface area contributed by atoms with Gasteiger partial charge < -0.3 is 9.80 Å². The monoisotopic (exact) mass is 226 g/mol. The maximum atomic E-state index is 11.1. The second-order valence-corrected chi connectivity index (χ2v) is 4.57. The predicted molar refractivity (Wildman–Crippen MR) is 62.9 cm³/mol. The maximum absolute atomic E-state index is 11.1. The minimum atomic E-state index is 0.292. The fraction of sp³-hybridized carbons (Fsp3) is 0.833. The van der Waals surface area contributed by atoms with Gasteiger partial charge in [-0.2, -0.15) is 0 Å². The smallest absolute Gasteiger partial charge is 0.225 e. The first-order valence-corrected chi connectivity index (χ1v) is 6.05. The number of rotatable bonds is 1. The predicted octanol–water partition coefficient (Wildman–Crippen LogP) is 1.11. The topological polar surface area (TPSA) is 40.6 Å². The Kier molecular flexibility index (Phi) is 4.77. The van der Waals surface area contributed by atoms with Crippen LogP contribution < -0.4 is 0 Å². The van der Waals surface area contributed by atoms with Crippen molar-refractivity contribution in [3.63, 3.8) is 0 Å². The van der Waals surface area contributed by atoms with Crippen LogP contribution in [0.5, 0.6) is 0 Å². The molecular formula is C12H22N2O2. The van der Waals surface area contributed by atoms with Gasteiger partial charge in [-0.1, -0.05) is 6.92 Å². The third kappa shape index (κ3) is 3.22. The summed E-state index contributed by atoms with van der Waals surface area (Å²) in [5.74, 6) is 0.951. The van der Waals surface area contributed by atoms with E-state index in [9.17, 15) is 9.59 Å². The number of likely N-dealkylation sites (tertiary alicyclic amines) is 2. The lowest BCUT2D eigenvalue weighted by molar-refractivity contribution is -0.130. The Hall–Kier alpha value is -1.06. The summed E-state index contributed by atoms with van der Waals surface area (Å²) in [6.07, 6.45) is 3.88. The van der Waals surface area contributed by atoms with Crippen molar-refractivity contribution in [1.29, 1.82) is 0 Å². The molecule has 4 nitrogen and oxygen atoms in total. The highest BCUT2D eigenvalue weighted by Gasteiger charge is 2.26. The van der Waals surface area contributed by atoms with E-state index in [1.165, 1.54) is 0 Å². The number of hydrogen-bond donors (Lipinski definition) is 0. The molecule has 0 aromatic carbocycles. The standard InChI is InChI=1S/C7H13NO.C5H9NO/c1-3-6-4-5-8(2)7(6)9;1-6-4-2-3-5(6)7/h6H,3-5H2,1-2H3;2-4H2,1H3. The van der Waals surface area contributed by atoms with Gasteiger partial charge >= 0.3 is 0 Å². The largest absolute Gasteiger partial charge is 0.346 e. The van der Waals surface area contributed by atoms with E-state index in [1.807, 2.05) is 19.0 Å². The van der Waals surface area contributed by atoms with Crippen LogP contribution in [0.15, 0.2) is 0 Å². The number of carbonyl (C=O) groups is 2. The van der Waals surface area contributed by atoms with Gasteiger partial charge in [0.15, 0.2) is 0 Å². The SMILES string of the molecule is CCC1CCN(C)C1=O.CN1CCCC1=O. The van der Waals surface area contributed by atoms with Crippen LogP contribution in [0.1, 0.15) is 32.6 Å². The van der Waals surface area contributed by atoms with Gasteiger partial charge in [0.2, 0.25) is 11.8 Å². The molecule has 1 unspecified atom stereocenters. The van der Waals surface area contributed by atoms with Crippen LogP contribution >= 0.6 is 0 Å². The first-order chi connectivity index (χ1) is 7.56. The fourth-order valence-corrected chi connectivity index (χ4v) is 2.06. The van der Waals surface area contributed by atoms with Gasteiger partial charge in [0.25, 0.3) is 0 Å². The van der Waals surface area contributed by atoms with E-state index in [1.54, 1.807) is 4.90 Å². The van der Waals surface area contributed by atoms with Crippen LogP contribution in [0.2, 0.25) is 0 Å². The summed E-state index contributed by atoms with van der Waals surface area (Å²) in [6.45, 7) is 3.98. The summed E-state index contributed by atoms with van der Waals surface area (Å²) < 4.78 is 0. The quantitative estimate of drug-likeness (QED) is 0.672. The first-order valence-electron chi connectivity index (χ1n) is 6.05. The van der Waals surface area contributed by atoms with Crippen LogP contribution in [0.25, 0.3) is 0 Å². The minimum Gasteiger partial charge on any atom is -0.346 e. The Labute approximate surface area is 97.6 Å². The number of nitrogens with zero attached hydrogens (tertiary/aromatic N) is 2. The molecule has 0 spiro atoms. The molecule has 0 aromatic rings. The van der Waals surface area contributed by atoms with Crippen molar-refractivity contribution in [3.05, 3.63) is 0 Å². The summed E-state index contributed by atoms with van der Waals surface area (Å²) in [7, 11) is 3.72. The lowest BCUT2D eigenvalue weighted by Gasteiger charge is -2.07. The summed E-state index contributed by atoms with van der Waals surface area (Å²) >= 11 is 0. The van der Waals surface area contributed by atoms with Gasteiger partial charge in [-0.25, -0.2) is 0 Å². The normalized spacial score (nSPS) is 24.8. The second-order valence-electron chi connectivity index (χ2n) is 4.57. The maximum Gasteiger partial charge on any atom is 0.225 e. The van der Waals surface area contributed by atoms with Gasteiger partial charge in [-0.05, 0) is 19.3 Å². The average Bonchev–Trinajstić information content (AvgIpc) is 2.78. The summed E-state index contributed by atoms with van der Waals surface area (Å²) in [5, 5.41) is 0. The Morgan fingerprint density at radius 3 is 2.06 bits per heavy atom. The lowest BCUT2D eigenvalue weighted by Crippen LogP contribution is -2.22. The number of carbonyl (C=O) groups excluding carboxylic acids is 2. The van der Waals surface area contributed by atoms with E-state index >= 15 is 0 Å². The fourth-order valence-electron chi connectivity index (χ4n) is 2.06. The Morgan fingerprint density at radius 1 is 1.19 bits per heavy atom. The molecule has 16 heavy (non-hydrogen) atoms. The third-order valence-corrected chi connectivity index (χ3v) is 3.34. The van der Waals surface area contributed by atoms with Crippen molar-refractivity contribution in [1.82, 2.24) is 9.80 Å². The zero-order chi connectivity index (χ0) is 12.1. The Balaban J connectivity index is 0.000000165. The molecule has 2 rings (SSSR count). The molecule has 1 atom stereocenters. The second kappa shape index (κ2) is 5.87. The molecule has 0 N–H and O–H groups in total. The molecule has 0 aromatic heterocycles. The molecule has 0 bridgehead atoms. The number of hydrogen-bond acceptors (Lipinski definition) is 2. The molecule has 2 aliphatic heterocycles. The van der Waals surface area contributed by atoms with Crippen molar-refractivity contribution in [3.8, 4) is 0 Å². The summed E-state index contributed by atoms with van der Waals surface area (Å²) in [5.41, 5.74) is 0. The highest BCUT2D eigenvalue weighted by Crippen LogP contribution is 2.18. The molecular weight excluding hydrogens is 204 g/mol. The average molecular weight is 226 g/mol. The zero-order valence-electron chi connectivity index (χ0n) is 10.5. The molecule has 4 heteroatoms. The van der Waals surface area contributed by atoms with Crippen LogP contribution in [0, 0.1) is 5.92 Å². The molecule has 0 saturated carbocycles. The van der Waals surface area contributed by atoms with E-state index in [2.05, 4.69) is 6.92 Å². The molecule has 0 aliphatic carbocycles. The molecule has 92 valence electrons. The van der Waals surface area contributed by atoms with E-state index in [4.69, 9.17) is 0 Å². The van der Waals surface area contributed by atoms with Crippen LogP contribution in [-0.2, 0) is 9.59 Å². The van der Waals surface area contributed by atoms with Crippen molar-refractivity contribution in [2.24, 2.45) is 5.92 Å². The minimum absolute atomic E-state index is 0.292. The van der Waals surface area contributed by atoms with Crippen LogP contribution in [0.3, 0.4) is 0 Å². The molecule has 2 saturated heterocycles. The highest BCUT2D eigenvalue weighted by molar-refractivity contribution is 5.80. The third-order valence-electron chi connectivity index (χ3n) is 3.34. The number of amides is 2. The zero-order valence-corrected chi connectivity index (χ0v) is 10.5. The van der Waals surface area contributed by atoms with Crippen molar-refractivity contribution in [2.75, 3.05) is 27.2 Å². The van der Waals surface area contributed by atoms with Gasteiger partial charge in [0.05, 0.1) is 0 Å². The molecule has 2 amide bonds. The van der Waals surface area contributed by atoms with E-state index in [0.717, 1.165) is 38.8 Å². The van der Waals surface area contributed by atoms with Crippen LogP contribution in [0.4, 0.5) is 0 Å². The Morgan fingerprint density at radius 2 is 1.88 bits per heavy atom. The summed E-state index contributed by atoms with van der Waals surface area (Å²) in [6, 6.07) is 0. The Bertz CT molecular complexity index is 266. The van der Waals surface area contributed by atoms with Crippen LogP contribution in [-0.4, -0.2) is 48.8 Å². The van der Waals surface area contributed by atoms with E-state index in [0.29, 0.717) is 17.7 Å². The van der Waals surface area contributed by atoms with Gasteiger partial charge in [-0.3, -0.25) is 9.59 Å². The lowest BCUT2D eigenvalue weighted by atomic mass is 10.1. The molecule has 0 radical (unpaired) electrons. The summed E-state index contributed by atoms with van der Waals surface area (Å²) in [4.78, 5) is 25.1. The van der Waals surface area contributed by atoms with E-state index < -0.39 is 0 Å². The molecule has 2 aliphatic rings. The highest BCUT2D eigenvalue weighted by atomic mass is 16.2. The van der Waals surface area contributed by atoms with E-state index in [-0.39, 0.29) is 0 Å². The van der Waals surface area contributed by atoms with Gasteiger partial charge in [0.1, 0.15) is 0 Å². The first kappa shape index (κ1) is 13.0. The van der Waals surface area contributed by atoms with Gasteiger partial charge in [0, 0.05) is 39.5 Å². The van der Waals surface area contributed by atoms with Crippen molar-refractivity contribution < 1.29 is 9.59 Å². The van der Waals surface area contributed by atoms with Gasteiger partial charge in [-0.15, -0.1) is 0 Å². The van der Waals surface area contributed by atoms with Crippen molar-refractivity contribution >= 4 is 11.8 Å².